The van der Waals surface area contributed by atoms with Gasteiger partial charge in [0.1, 0.15) is 17.6 Å². The molecular weight excluding hydrogens is 274 g/mol. The Morgan fingerprint density at radius 3 is 2.71 bits per heavy atom. The highest BCUT2D eigenvalue weighted by atomic mass is 16.6. The molecule has 0 aliphatic rings. The van der Waals surface area contributed by atoms with Crippen molar-refractivity contribution in [2.24, 2.45) is 0 Å². The van der Waals surface area contributed by atoms with Crippen LogP contribution in [-0.4, -0.2) is 20.8 Å². The van der Waals surface area contributed by atoms with E-state index in [0.29, 0.717) is 11.4 Å². The Hall–Kier alpha value is -3.03. The minimum Gasteiger partial charge on any atom is -0.384 e. The van der Waals surface area contributed by atoms with Crippen LogP contribution in [0.25, 0.3) is 0 Å². The van der Waals surface area contributed by atoms with E-state index in [1.807, 2.05) is 6.92 Å². The van der Waals surface area contributed by atoms with Gasteiger partial charge in [-0.05, 0) is 32.0 Å². The summed E-state index contributed by atoms with van der Waals surface area (Å²) in [7, 11) is 0. The molecule has 1 amide bonds. The van der Waals surface area contributed by atoms with Crippen LogP contribution in [0.4, 0.5) is 17.2 Å². The molecule has 3 N–H and O–H groups in total. The average Bonchev–Trinajstić information content (AvgIpc) is 2.41. The second-order valence-corrected chi connectivity index (χ2v) is 4.42. The molecule has 2 rings (SSSR count). The second-order valence-electron chi connectivity index (χ2n) is 4.42. The van der Waals surface area contributed by atoms with Gasteiger partial charge < -0.3 is 11.1 Å². The molecule has 2 aromatic rings. The summed E-state index contributed by atoms with van der Waals surface area (Å²) in [5, 5.41) is 13.5. The van der Waals surface area contributed by atoms with Crippen LogP contribution < -0.4 is 11.1 Å². The molecule has 0 unspecified atom stereocenters. The number of nitrogens with zero attached hydrogens (tertiary/aromatic N) is 3. The Morgan fingerprint density at radius 1 is 1.38 bits per heavy atom. The van der Waals surface area contributed by atoms with Gasteiger partial charge in [0.25, 0.3) is 11.6 Å². The SMILES string of the molecule is Cc1ccc(NC(=O)c2cc(N)ncc2[N+](=O)[O-])c(C)n1. The minimum absolute atomic E-state index is 0.0319. The number of carbonyl (C=O) groups excluding carboxylic acids is 1. The third-order valence-electron chi connectivity index (χ3n) is 2.82. The predicted molar refractivity (Wildman–Crippen MR) is 77.0 cm³/mol. The number of rotatable bonds is 3. The number of aryl methyl sites for hydroxylation is 2. The molecule has 8 nitrogen and oxygen atoms in total. The lowest BCUT2D eigenvalue weighted by molar-refractivity contribution is -0.385. The Kier molecular flexibility index (Phi) is 3.79. The standard InChI is InChI=1S/C13H13N5O3/c1-7-3-4-10(8(2)16-7)17-13(19)9-5-12(14)15-6-11(9)18(20)21/h3-6H,1-2H3,(H2,14,15)(H,17,19). The summed E-state index contributed by atoms with van der Waals surface area (Å²) in [6.45, 7) is 3.56. The first-order valence-corrected chi connectivity index (χ1v) is 6.04. The maximum atomic E-state index is 12.2. The Bertz CT molecular complexity index is 730. The quantitative estimate of drug-likeness (QED) is 0.655. The van der Waals surface area contributed by atoms with Crippen LogP contribution in [0.1, 0.15) is 21.7 Å². The molecule has 2 aromatic heterocycles. The van der Waals surface area contributed by atoms with Gasteiger partial charge >= 0.3 is 0 Å². The van der Waals surface area contributed by atoms with Crippen LogP contribution >= 0.6 is 0 Å². The Morgan fingerprint density at radius 2 is 2.10 bits per heavy atom. The number of nitrogens with two attached hydrogens (primary N) is 1. The van der Waals surface area contributed by atoms with Crippen molar-refractivity contribution in [1.82, 2.24) is 9.97 Å². The summed E-state index contributed by atoms with van der Waals surface area (Å²) in [5.41, 5.74) is 6.84. The number of pyridine rings is 2. The zero-order chi connectivity index (χ0) is 15.6. The van der Waals surface area contributed by atoms with Crippen LogP contribution in [0.3, 0.4) is 0 Å². The number of hydrogen-bond donors (Lipinski definition) is 2. The van der Waals surface area contributed by atoms with E-state index >= 15 is 0 Å². The zero-order valence-electron chi connectivity index (χ0n) is 11.5. The van der Waals surface area contributed by atoms with Crippen molar-refractivity contribution < 1.29 is 9.72 Å². The average molecular weight is 287 g/mol. The van der Waals surface area contributed by atoms with E-state index in [9.17, 15) is 14.9 Å². The van der Waals surface area contributed by atoms with Gasteiger partial charge in [0.2, 0.25) is 0 Å². The van der Waals surface area contributed by atoms with E-state index in [-0.39, 0.29) is 11.4 Å². The van der Waals surface area contributed by atoms with Crippen molar-refractivity contribution in [2.75, 3.05) is 11.1 Å². The number of anilines is 2. The topological polar surface area (TPSA) is 124 Å². The van der Waals surface area contributed by atoms with Crippen molar-refractivity contribution in [2.45, 2.75) is 13.8 Å². The molecule has 8 heteroatoms. The lowest BCUT2D eigenvalue weighted by Gasteiger charge is -2.09. The fourth-order valence-electron chi connectivity index (χ4n) is 1.80. The van der Waals surface area contributed by atoms with E-state index in [0.717, 1.165) is 11.9 Å². The molecule has 0 aromatic carbocycles. The Balaban J connectivity index is 2.36. The van der Waals surface area contributed by atoms with E-state index in [1.54, 1.807) is 19.1 Å². The first-order chi connectivity index (χ1) is 9.88. The molecule has 0 saturated heterocycles. The molecule has 0 radical (unpaired) electrons. The molecular formula is C13H13N5O3. The fourth-order valence-corrected chi connectivity index (χ4v) is 1.80. The first kappa shape index (κ1) is 14.4. The molecule has 0 atom stereocenters. The van der Waals surface area contributed by atoms with Gasteiger partial charge in [-0.3, -0.25) is 19.9 Å². The van der Waals surface area contributed by atoms with Gasteiger partial charge in [-0.25, -0.2) is 4.98 Å². The van der Waals surface area contributed by atoms with Crippen molar-refractivity contribution in [3.63, 3.8) is 0 Å². The number of carbonyl (C=O) groups is 1. The third kappa shape index (κ3) is 3.11. The second kappa shape index (κ2) is 5.53. The number of aromatic nitrogens is 2. The molecule has 0 fully saturated rings. The van der Waals surface area contributed by atoms with Crippen LogP contribution in [0, 0.1) is 24.0 Å². The van der Waals surface area contributed by atoms with Gasteiger partial charge in [-0.1, -0.05) is 0 Å². The summed E-state index contributed by atoms with van der Waals surface area (Å²) in [5.74, 6) is -0.603. The van der Waals surface area contributed by atoms with Crippen LogP contribution in [0.5, 0.6) is 0 Å². The Labute approximate surface area is 120 Å². The maximum Gasteiger partial charge on any atom is 0.300 e. The lowest BCUT2D eigenvalue weighted by atomic mass is 10.2. The summed E-state index contributed by atoms with van der Waals surface area (Å²) in [4.78, 5) is 30.3. The number of hydrogen-bond acceptors (Lipinski definition) is 6. The van der Waals surface area contributed by atoms with E-state index < -0.39 is 16.5 Å². The fraction of sp³-hybridized carbons (Fsp3) is 0.154. The molecule has 0 aliphatic carbocycles. The molecule has 0 saturated carbocycles. The van der Waals surface area contributed by atoms with Crippen molar-refractivity contribution in [1.29, 1.82) is 0 Å². The van der Waals surface area contributed by atoms with Crippen LogP contribution in [0.2, 0.25) is 0 Å². The highest BCUT2D eigenvalue weighted by molar-refractivity contribution is 6.07. The minimum atomic E-state index is -0.679. The highest BCUT2D eigenvalue weighted by Crippen LogP contribution is 2.21. The van der Waals surface area contributed by atoms with Gasteiger partial charge in [-0.15, -0.1) is 0 Å². The van der Waals surface area contributed by atoms with E-state index in [1.165, 1.54) is 6.07 Å². The normalized spacial score (nSPS) is 10.2. The number of nitrogen functional groups attached to an aromatic ring is 1. The van der Waals surface area contributed by atoms with Crippen LogP contribution in [0.15, 0.2) is 24.4 Å². The highest BCUT2D eigenvalue weighted by Gasteiger charge is 2.21. The maximum absolute atomic E-state index is 12.2. The lowest BCUT2D eigenvalue weighted by Crippen LogP contribution is -2.16. The summed E-state index contributed by atoms with van der Waals surface area (Å²) >= 11 is 0. The molecule has 0 aliphatic heterocycles. The first-order valence-electron chi connectivity index (χ1n) is 6.04. The van der Waals surface area contributed by atoms with E-state index in [4.69, 9.17) is 5.73 Å². The van der Waals surface area contributed by atoms with Gasteiger partial charge in [0.15, 0.2) is 0 Å². The van der Waals surface area contributed by atoms with Gasteiger partial charge in [-0.2, -0.15) is 0 Å². The van der Waals surface area contributed by atoms with Crippen molar-refractivity contribution in [3.05, 3.63) is 51.5 Å². The number of amides is 1. The number of nitro groups is 1. The monoisotopic (exact) mass is 287 g/mol. The number of nitrogens with one attached hydrogen (secondary N) is 1. The molecule has 108 valence electrons. The van der Waals surface area contributed by atoms with Crippen LogP contribution in [-0.2, 0) is 0 Å². The predicted octanol–water partition coefficient (Wildman–Crippen LogP) is 1.84. The molecule has 0 bridgehead atoms. The zero-order valence-corrected chi connectivity index (χ0v) is 11.5. The molecule has 21 heavy (non-hydrogen) atoms. The summed E-state index contributed by atoms with van der Waals surface area (Å²) in [6, 6.07) is 4.59. The van der Waals surface area contributed by atoms with E-state index in [2.05, 4.69) is 15.3 Å². The molecule has 0 spiro atoms. The van der Waals surface area contributed by atoms with Gasteiger partial charge in [0.05, 0.1) is 16.3 Å². The molecule has 2 heterocycles. The summed E-state index contributed by atoms with van der Waals surface area (Å²) < 4.78 is 0. The smallest absolute Gasteiger partial charge is 0.300 e. The van der Waals surface area contributed by atoms with Gasteiger partial charge in [0, 0.05) is 5.69 Å². The van der Waals surface area contributed by atoms with Crippen molar-refractivity contribution in [3.8, 4) is 0 Å². The third-order valence-corrected chi connectivity index (χ3v) is 2.82. The largest absolute Gasteiger partial charge is 0.384 e. The summed E-state index contributed by atoms with van der Waals surface area (Å²) in [6.07, 6.45) is 0.963. The van der Waals surface area contributed by atoms with Crippen molar-refractivity contribution >= 4 is 23.1 Å².